The minimum absolute atomic E-state index is 0.344. The van der Waals surface area contributed by atoms with Crippen molar-refractivity contribution < 1.29 is 12.8 Å². The molecule has 0 aliphatic rings. The Morgan fingerprint density at radius 2 is 1.71 bits per heavy atom. The molecule has 9 nitrogen and oxygen atoms in total. The first-order valence-corrected chi connectivity index (χ1v) is 9.62. The molecule has 0 aliphatic heterocycles. The summed E-state index contributed by atoms with van der Waals surface area (Å²) in [5.41, 5.74) is -1.17. The summed E-state index contributed by atoms with van der Waals surface area (Å²) in [4.78, 5) is 27.8. The first-order valence-electron chi connectivity index (χ1n) is 8.13. The Morgan fingerprint density at radius 1 is 1.07 bits per heavy atom. The molecule has 148 valence electrons. The van der Waals surface area contributed by atoms with Gasteiger partial charge in [0.2, 0.25) is 10.0 Å². The zero-order valence-corrected chi connectivity index (χ0v) is 16.1. The number of benzene rings is 1. The largest absolute Gasteiger partial charge is 0.336 e. The lowest BCUT2D eigenvalue weighted by Crippen LogP contribution is -2.42. The third-order valence-electron chi connectivity index (χ3n) is 4.30. The van der Waals surface area contributed by atoms with Gasteiger partial charge in [0.25, 0.3) is 5.56 Å². The predicted molar refractivity (Wildman–Crippen MR) is 98.7 cm³/mol. The predicted octanol–water partition coefficient (Wildman–Crippen LogP) is 0.0245. The number of nitrogens with zero attached hydrogens (tertiary/aromatic N) is 4. The number of rotatable bonds is 5. The third kappa shape index (κ3) is 3.53. The Kier molecular flexibility index (Phi) is 5.04. The summed E-state index contributed by atoms with van der Waals surface area (Å²) >= 11 is 0. The maximum absolute atomic E-state index is 13.3. The van der Waals surface area contributed by atoms with Crippen LogP contribution in [0.4, 0.5) is 4.39 Å². The molecule has 1 atom stereocenters. The topological polar surface area (TPSA) is 108 Å². The van der Waals surface area contributed by atoms with Gasteiger partial charge < -0.3 is 9.13 Å². The number of nitrogens with one attached hydrogen (secondary N) is 1. The van der Waals surface area contributed by atoms with Crippen molar-refractivity contribution in [2.75, 3.05) is 0 Å². The second kappa shape index (κ2) is 7.17. The highest BCUT2D eigenvalue weighted by Gasteiger charge is 2.28. The van der Waals surface area contributed by atoms with Crippen LogP contribution < -0.4 is 16.0 Å². The molecule has 1 N–H and O–H groups in total. The van der Waals surface area contributed by atoms with E-state index in [0.717, 1.165) is 10.8 Å². The first kappa shape index (κ1) is 19.7. The second-order valence-corrected chi connectivity index (χ2v) is 7.94. The zero-order valence-electron chi connectivity index (χ0n) is 15.3. The van der Waals surface area contributed by atoms with Crippen LogP contribution in [0.3, 0.4) is 0 Å². The SMILES string of the molecule is Cn1ccnc1C(NS(=O)(=O)c1cn(C)c(=O)n(C)c1=O)c1ccc(F)cc1. The molecule has 0 spiro atoms. The summed E-state index contributed by atoms with van der Waals surface area (Å²) in [5.74, 6) is -0.131. The van der Waals surface area contributed by atoms with Crippen LogP contribution in [0.15, 0.2) is 57.3 Å². The number of hydrogen-bond acceptors (Lipinski definition) is 5. The van der Waals surface area contributed by atoms with Crippen LogP contribution in [0.2, 0.25) is 0 Å². The molecule has 0 saturated heterocycles. The highest BCUT2D eigenvalue weighted by molar-refractivity contribution is 7.89. The number of imidazole rings is 1. The van der Waals surface area contributed by atoms with Crippen molar-refractivity contribution >= 4 is 10.0 Å². The lowest BCUT2D eigenvalue weighted by atomic mass is 10.1. The van der Waals surface area contributed by atoms with Gasteiger partial charge in [0, 0.05) is 39.7 Å². The van der Waals surface area contributed by atoms with Gasteiger partial charge in [-0.25, -0.2) is 22.6 Å². The molecule has 0 amide bonds. The summed E-state index contributed by atoms with van der Waals surface area (Å²) in [5, 5.41) is 0. The van der Waals surface area contributed by atoms with Crippen LogP contribution in [0.25, 0.3) is 0 Å². The van der Waals surface area contributed by atoms with Gasteiger partial charge in [-0.3, -0.25) is 9.36 Å². The van der Waals surface area contributed by atoms with Gasteiger partial charge >= 0.3 is 5.69 Å². The number of sulfonamides is 1. The van der Waals surface area contributed by atoms with Crippen LogP contribution in [0.5, 0.6) is 0 Å². The average Bonchev–Trinajstić information content (AvgIpc) is 3.07. The van der Waals surface area contributed by atoms with Crippen LogP contribution in [-0.2, 0) is 31.2 Å². The van der Waals surface area contributed by atoms with Gasteiger partial charge in [-0.15, -0.1) is 0 Å². The fraction of sp³-hybridized carbons (Fsp3) is 0.235. The summed E-state index contributed by atoms with van der Waals surface area (Å²) < 4.78 is 45.0. The minimum Gasteiger partial charge on any atom is -0.336 e. The minimum atomic E-state index is -4.34. The Morgan fingerprint density at radius 3 is 2.29 bits per heavy atom. The molecule has 2 aromatic heterocycles. The molecule has 1 aromatic carbocycles. The average molecular weight is 407 g/mol. The van der Waals surface area contributed by atoms with Crippen molar-refractivity contribution in [3.8, 4) is 0 Å². The molecule has 0 bridgehead atoms. The Balaban J connectivity index is 2.13. The number of halogens is 1. The molecule has 0 radical (unpaired) electrons. The van der Waals surface area contributed by atoms with E-state index in [1.165, 1.54) is 44.6 Å². The van der Waals surface area contributed by atoms with Crippen LogP contribution in [0, 0.1) is 5.82 Å². The molecule has 28 heavy (non-hydrogen) atoms. The highest BCUT2D eigenvalue weighted by atomic mass is 32.2. The van der Waals surface area contributed by atoms with E-state index in [1.807, 2.05) is 0 Å². The van der Waals surface area contributed by atoms with Crippen molar-refractivity contribution in [2.24, 2.45) is 21.1 Å². The fourth-order valence-corrected chi connectivity index (χ4v) is 4.10. The van der Waals surface area contributed by atoms with Gasteiger partial charge in [0.05, 0.1) is 0 Å². The summed E-state index contributed by atoms with van der Waals surface area (Å²) in [6, 6.07) is 4.27. The molecular weight excluding hydrogens is 389 g/mol. The Hall–Kier alpha value is -3.05. The third-order valence-corrected chi connectivity index (χ3v) is 5.70. The molecule has 11 heteroatoms. The van der Waals surface area contributed by atoms with Crippen LogP contribution in [-0.4, -0.2) is 27.1 Å². The lowest BCUT2D eigenvalue weighted by molar-refractivity contribution is 0.554. The molecule has 0 aliphatic carbocycles. The normalized spacial score (nSPS) is 12.9. The maximum Gasteiger partial charge on any atom is 0.330 e. The van der Waals surface area contributed by atoms with Crippen molar-refractivity contribution in [3.63, 3.8) is 0 Å². The van der Waals surface area contributed by atoms with E-state index >= 15 is 0 Å². The molecule has 1 unspecified atom stereocenters. The number of hydrogen-bond donors (Lipinski definition) is 1. The van der Waals surface area contributed by atoms with Gasteiger partial charge in [-0.2, -0.15) is 4.72 Å². The number of aromatic nitrogens is 4. The van der Waals surface area contributed by atoms with Crippen LogP contribution in [0.1, 0.15) is 17.4 Å². The lowest BCUT2D eigenvalue weighted by Gasteiger charge is -2.19. The number of aryl methyl sites for hydroxylation is 2. The smallest absolute Gasteiger partial charge is 0.330 e. The quantitative estimate of drug-likeness (QED) is 0.642. The van der Waals surface area contributed by atoms with E-state index in [0.29, 0.717) is 16.0 Å². The van der Waals surface area contributed by atoms with Gasteiger partial charge in [-0.05, 0) is 17.7 Å². The second-order valence-electron chi connectivity index (χ2n) is 6.25. The van der Waals surface area contributed by atoms with E-state index in [1.54, 1.807) is 17.8 Å². The fourth-order valence-electron chi connectivity index (χ4n) is 2.76. The van der Waals surface area contributed by atoms with Crippen LogP contribution >= 0.6 is 0 Å². The molecule has 3 aromatic rings. The van der Waals surface area contributed by atoms with Gasteiger partial charge in [-0.1, -0.05) is 12.1 Å². The molecule has 0 saturated carbocycles. The molecule has 2 heterocycles. The standard InChI is InChI=1S/C17H18FN5O4S/c1-21-9-8-19-15(21)14(11-4-6-12(18)7-5-11)20-28(26,27)13-10-22(2)17(25)23(3)16(13)24/h4-10,14,20H,1-3H3. The van der Waals surface area contributed by atoms with Gasteiger partial charge in [0.15, 0.2) is 4.90 Å². The van der Waals surface area contributed by atoms with E-state index < -0.39 is 38.0 Å². The van der Waals surface area contributed by atoms with Crippen molar-refractivity contribution in [2.45, 2.75) is 10.9 Å². The molecular formula is C17H18FN5O4S. The first-order chi connectivity index (χ1) is 13.1. The van der Waals surface area contributed by atoms with Crippen molar-refractivity contribution in [1.29, 1.82) is 0 Å². The summed E-state index contributed by atoms with van der Waals surface area (Å²) in [6.07, 6.45) is 4.09. The highest BCUT2D eigenvalue weighted by Crippen LogP contribution is 2.23. The molecule has 0 fully saturated rings. The zero-order chi connectivity index (χ0) is 20.6. The van der Waals surface area contributed by atoms with Gasteiger partial charge in [0.1, 0.15) is 17.7 Å². The van der Waals surface area contributed by atoms with E-state index in [-0.39, 0.29) is 0 Å². The van der Waals surface area contributed by atoms with Crippen molar-refractivity contribution in [3.05, 3.63) is 80.9 Å². The van der Waals surface area contributed by atoms with E-state index in [2.05, 4.69) is 9.71 Å². The van der Waals surface area contributed by atoms with Crippen molar-refractivity contribution in [1.82, 2.24) is 23.4 Å². The van der Waals surface area contributed by atoms with E-state index in [4.69, 9.17) is 0 Å². The summed E-state index contributed by atoms with van der Waals surface area (Å²) in [6.45, 7) is 0. The molecule has 3 rings (SSSR count). The van der Waals surface area contributed by atoms with E-state index in [9.17, 15) is 22.4 Å². The Labute approximate surface area is 159 Å². The Bertz CT molecular complexity index is 1240. The monoisotopic (exact) mass is 407 g/mol. The summed E-state index contributed by atoms with van der Waals surface area (Å²) in [7, 11) is -0.126. The maximum atomic E-state index is 13.3.